The van der Waals surface area contributed by atoms with E-state index < -0.39 is 16.0 Å². The Labute approximate surface area is 119 Å². The van der Waals surface area contributed by atoms with Crippen LogP contribution in [0.2, 0.25) is 0 Å². The van der Waals surface area contributed by atoms with E-state index in [-0.39, 0.29) is 21.0 Å². The summed E-state index contributed by atoms with van der Waals surface area (Å²) in [6.07, 6.45) is 0. The molecule has 2 N–H and O–H groups in total. The zero-order chi connectivity index (χ0) is 14.8. The molecule has 0 fully saturated rings. The lowest BCUT2D eigenvalue weighted by Gasteiger charge is -2.07. The molecule has 0 saturated carbocycles. The van der Waals surface area contributed by atoms with Gasteiger partial charge in [0.2, 0.25) is 0 Å². The molecule has 20 heavy (non-hydrogen) atoms. The van der Waals surface area contributed by atoms with Gasteiger partial charge < -0.3 is 5.11 Å². The van der Waals surface area contributed by atoms with Gasteiger partial charge in [0.25, 0.3) is 10.0 Å². The summed E-state index contributed by atoms with van der Waals surface area (Å²) in [6, 6.07) is 9.09. The number of carboxylic acid groups (broad SMARTS) is 1. The fourth-order valence-corrected chi connectivity index (χ4v) is 3.64. The van der Waals surface area contributed by atoms with E-state index >= 15 is 0 Å². The third kappa shape index (κ3) is 2.79. The van der Waals surface area contributed by atoms with Crippen molar-refractivity contribution in [2.75, 3.05) is 4.72 Å². The Bertz CT molecular complexity index is 803. The maximum absolute atomic E-state index is 12.1. The summed E-state index contributed by atoms with van der Waals surface area (Å²) < 4.78 is 26.5. The van der Waals surface area contributed by atoms with Gasteiger partial charge in [-0.25, -0.2) is 13.2 Å². The van der Waals surface area contributed by atoms with Gasteiger partial charge in [-0.1, -0.05) is 12.1 Å². The highest BCUT2D eigenvalue weighted by Gasteiger charge is 2.19. The topological polar surface area (TPSA) is 107 Å². The van der Waals surface area contributed by atoms with Gasteiger partial charge in [-0.05, 0) is 18.2 Å². The molecule has 0 atom stereocenters. The second-order valence-corrected chi connectivity index (χ2v) is 6.31. The fourth-order valence-electron chi connectivity index (χ4n) is 1.45. The maximum atomic E-state index is 12.1. The van der Waals surface area contributed by atoms with E-state index in [4.69, 9.17) is 10.4 Å². The minimum Gasteiger partial charge on any atom is -0.477 e. The highest BCUT2D eigenvalue weighted by molar-refractivity contribution is 7.92. The molecule has 0 amide bonds. The number of rotatable bonds is 4. The average Bonchev–Trinajstić information content (AvgIpc) is 2.89. The number of para-hydroxylation sites is 1. The van der Waals surface area contributed by atoms with Crippen molar-refractivity contribution in [3.05, 3.63) is 46.2 Å². The highest BCUT2D eigenvalue weighted by Crippen LogP contribution is 2.23. The molecule has 2 rings (SSSR count). The van der Waals surface area contributed by atoms with Gasteiger partial charge >= 0.3 is 5.97 Å². The van der Waals surface area contributed by atoms with Crippen molar-refractivity contribution in [3.63, 3.8) is 0 Å². The standard InChI is InChI=1S/C12H8N2O4S2/c13-6-8-3-1-2-4-10(8)14-20(17,18)9-5-11(12(15)16)19-7-9/h1-5,7,14H,(H,15,16). The summed E-state index contributed by atoms with van der Waals surface area (Å²) in [5.74, 6) is -1.19. The summed E-state index contributed by atoms with van der Waals surface area (Å²) in [5, 5.41) is 18.9. The molecule has 8 heteroatoms. The summed E-state index contributed by atoms with van der Waals surface area (Å²) in [7, 11) is -3.91. The van der Waals surface area contributed by atoms with Gasteiger partial charge in [0, 0.05) is 5.38 Å². The predicted molar refractivity (Wildman–Crippen MR) is 73.2 cm³/mol. The fraction of sp³-hybridized carbons (Fsp3) is 0. The number of aromatic carboxylic acids is 1. The second-order valence-electron chi connectivity index (χ2n) is 3.71. The maximum Gasteiger partial charge on any atom is 0.345 e. The van der Waals surface area contributed by atoms with Crippen LogP contribution in [0.25, 0.3) is 0 Å². The van der Waals surface area contributed by atoms with Crippen LogP contribution in [0.15, 0.2) is 40.6 Å². The summed E-state index contributed by atoms with van der Waals surface area (Å²) in [6.45, 7) is 0. The first-order chi connectivity index (χ1) is 9.44. The van der Waals surface area contributed by atoms with Gasteiger partial charge in [-0.2, -0.15) is 5.26 Å². The molecule has 1 heterocycles. The molecule has 0 bridgehead atoms. The van der Waals surface area contributed by atoms with E-state index in [2.05, 4.69) is 4.72 Å². The van der Waals surface area contributed by atoms with Gasteiger partial charge in [0.15, 0.2) is 0 Å². The van der Waals surface area contributed by atoms with Crippen molar-refractivity contribution < 1.29 is 18.3 Å². The molecule has 0 unspecified atom stereocenters. The van der Waals surface area contributed by atoms with Crippen molar-refractivity contribution in [2.45, 2.75) is 4.90 Å². The number of hydrogen-bond acceptors (Lipinski definition) is 5. The molecule has 0 radical (unpaired) electrons. The molecule has 1 aromatic carbocycles. The van der Waals surface area contributed by atoms with Crippen molar-refractivity contribution in [1.82, 2.24) is 0 Å². The number of nitrogens with zero attached hydrogens (tertiary/aromatic N) is 1. The number of benzene rings is 1. The number of sulfonamides is 1. The number of carbonyl (C=O) groups is 1. The number of carboxylic acids is 1. The van der Waals surface area contributed by atoms with Crippen molar-refractivity contribution >= 4 is 33.0 Å². The molecule has 0 aliphatic carbocycles. The first-order valence-electron chi connectivity index (χ1n) is 5.28. The van der Waals surface area contributed by atoms with Crippen molar-refractivity contribution in [2.24, 2.45) is 0 Å². The van der Waals surface area contributed by atoms with Crippen LogP contribution in [0.5, 0.6) is 0 Å². The number of nitriles is 1. The lowest BCUT2D eigenvalue weighted by atomic mass is 10.2. The Hall–Kier alpha value is -2.37. The number of anilines is 1. The molecule has 0 aliphatic rings. The molecule has 1 aromatic heterocycles. The number of hydrogen-bond donors (Lipinski definition) is 2. The van der Waals surface area contributed by atoms with E-state index in [0.717, 1.165) is 17.4 Å². The van der Waals surface area contributed by atoms with E-state index in [0.29, 0.717) is 0 Å². The Morgan fingerprint density at radius 2 is 2.05 bits per heavy atom. The average molecular weight is 308 g/mol. The molecular weight excluding hydrogens is 300 g/mol. The zero-order valence-corrected chi connectivity index (χ0v) is 11.5. The van der Waals surface area contributed by atoms with E-state index in [9.17, 15) is 13.2 Å². The molecule has 2 aromatic rings. The number of thiophene rings is 1. The predicted octanol–water partition coefficient (Wildman–Crippen LogP) is 2.12. The van der Waals surface area contributed by atoms with E-state index in [1.165, 1.54) is 17.5 Å². The van der Waals surface area contributed by atoms with E-state index in [1.807, 2.05) is 6.07 Å². The minimum atomic E-state index is -3.91. The van der Waals surface area contributed by atoms with Crippen LogP contribution in [-0.2, 0) is 10.0 Å². The van der Waals surface area contributed by atoms with Crippen LogP contribution in [-0.4, -0.2) is 19.5 Å². The molecule has 0 aliphatic heterocycles. The summed E-state index contributed by atoms with van der Waals surface area (Å²) in [5.41, 5.74) is 0.336. The lowest BCUT2D eigenvalue weighted by Crippen LogP contribution is -2.13. The van der Waals surface area contributed by atoms with E-state index in [1.54, 1.807) is 12.1 Å². The van der Waals surface area contributed by atoms with Gasteiger partial charge in [-0.3, -0.25) is 4.72 Å². The summed E-state index contributed by atoms with van der Waals surface area (Å²) >= 11 is 0.821. The Kier molecular flexibility index (Phi) is 3.74. The molecule has 0 spiro atoms. The Morgan fingerprint density at radius 1 is 1.35 bits per heavy atom. The third-order valence-electron chi connectivity index (χ3n) is 2.39. The monoisotopic (exact) mass is 308 g/mol. The Morgan fingerprint density at radius 3 is 2.65 bits per heavy atom. The van der Waals surface area contributed by atoms with Gasteiger partial charge in [0.1, 0.15) is 10.9 Å². The molecule has 0 saturated heterocycles. The Balaban J connectivity index is 2.36. The van der Waals surface area contributed by atoms with Crippen LogP contribution in [0.3, 0.4) is 0 Å². The third-order valence-corrected chi connectivity index (χ3v) is 4.80. The SMILES string of the molecule is N#Cc1ccccc1NS(=O)(=O)c1csc(C(=O)O)c1. The van der Waals surface area contributed by atoms with Gasteiger partial charge in [0.05, 0.1) is 16.1 Å². The van der Waals surface area contributed by atoms with Crippen LogP contribution in [0, 0.1) is 11.3 Å². The normalized spacial score (nSPS) is 10.8. The van der Waals surface area contributed by atoms with Gasteiger partial charge in [-0.15, -0.1) is 11.3 Å². The second kappa shape index (κ2) is 5.32. The molecule has 6 nitrogen and oxygen atoms in total. The molecule has 102 valence electrons. The smallest absolute Gasteiger partial charge is 0.345 e. The van der Waals surface area contributed by atoms with Crippen molar-refractivity contribution in [3.8, 4) is 6.07 Å². The molecular formula is C12H8N2O4S2. The zero-order valence-electron chi connectivity index (χ0n) is 9.90. The van der Waals surface area contributed by atoms with Crippen LogP contribution in [0.1, 0.15) is 15.2 Å². The number of nitrogens with one attached hydrogen (secondary N) is 1. The first-order valence-corrected chi connectivity index (χ1v) is 7.64. The largest absolute Gasteiger partial charge is 0.477 e. The first kappa shape index (κ1) is 14.0. The summed E-state index contributed by atoms with van der Waals surface area (Å²) in [4.78, 5) is 10.5. The van der Waals surface area contributed by atoms with Crippen LogP contribution >= 0.6 is 11.3 Å². The lowest BCUT2D eigenvalue weighted by molar-refractivity contribution is 0.0702. The van der Waals surface area contributed by atoms with Crippen molar-refractivity contribution in [1.29, 1.82) is 5.26 Å². The quantitative estimate of drug-likeness (QED) is 0.899. The highest BCUT2D eigenvalue weighted by atomic mass is 32.2. The van der Waals surface area contributed by atoms with Crippen LogP contribution in [0.4, 0.5) is 5.69 Å². The van der Waals surface area contributed by atoms with Crippen LogP contribution < -0.4 is 4.72 Å². The minimum absolute atomic E-state index is 0.0704.